The Hall–Kier alpha value is -1.09. The maximum atomic E-state index is 14.1. The lowest BCUT2D eigenvalue weighted by molar-refractivity contribution is 0.371. The third-order valence-corrected chi connectivity index (χ3v) is 2.91. The molecule has 0 unspecified atom stereocenters. The number of ether oxygens (including phenoxy) is 1. The van der Waals surface area contributed by atoms with Crippen molar-refractivity contribution < 1.29 is 9.13 Å². The number of hydrogen-bond donors (Lipinski definition) is 1. The molecule has 0 aromatic heterocycles. The van der Waals surface area contributed by atoms with Gasteiger partial charge in [0.2, 0.25) is 0 Å². The third kappa shape index (κ3) is 2.73. The van der Waals surface area contributed by atoms with Crippen LogP contribution in [0.5, 0.6) is 5.75 Å². The fourth-order valence-corrected chi connectivity index (χ4v) is 1.76. The molecule has 0 saturated heterocycles. The average Bonchev–Trinajstić information content (AvgIpc) is 2.26. The van der Waals surface area contributed by atoms with Gasteiger partial charge in [0.25, 0.3) is 0 Å². The molecule has 1 N–H and O–H groups in total. The highest BCUT2D eigenvalue weighted by Gasteiger charge is 2.25. The van der Waals surface area contributed by atoms with E-state index in [1.807, 2.05) is 33.0 Å². The van der Waals surface area contributed by atoms with Crippen LogP contribution < -0.4 is 10.1 Å². The van der Waals surface area contributed by atoms with E-state index in [1.165, 1.54) is 7.11 Å². The molecule has 16 heavy (non-hydrogen) atoms. The molecule has 1 aromatic carbocycles. The molecule has 0 aliphatic rings. The van der Waals surface area contributed by atoms with Gasteiger partial charge in [-0.05, 0) is 37.1 Å². The molecule has 0 amide bonds. The first-order valence-corrected chi connectivity index (χ1v) is 5.50. The summed E-state index contributed by atoms with van der Waals surface area (Å²) in [5.74, 6) is 0.0705. The Morgan fingerprint density at radius 1 is 1.38 bits per heavy atom. The molecule has 0 aliphatic heterocycles. The van der Waals surface area contributed by atoms with Gasteiger partial charge in [0.1, 0.15) is 0 Å². The summed E-state index contributed by atoms with van der Waals surface area (Å²) in [6, 6.07) is 5.30. The van der Waals surface area contributed by atoms with E-state index in [1.54, 1.807) is 6.07 Å². The van der Waals surface area contributed by atoms with Crippen LogP contribution in [0.15, 0.2) is 18.2 Å². The standard InChI is InChI=1S/C13H20FNO/c1-13(2,8-9-15-3)10-6-5-7-11(16-4)12(10)14/h5-7,15H,8-9H2,1-4H3. The zero-order valence-electron chi connectivity index (χ0n) is 10.4. The Bertz CT molecular complexity index is 350. The number of hydrogen-bond acceptors (Lipinski definition) is 2. The predicted octanol–water partition coefficient (Wildman–Crippen LogP) is 2.72. The summed E-state index contributed by atoms with van der Waals surface area (Å²) in [5.41, 5.74) is 0.517. The van der Waals surface area contributed by atoms with Crippen LogP contribution in [0.1, 0.15) is 25.8 Å². The van der Waals surface area contributed by atoms with Gasteiger partial charge in [0, 0.05) is 0 Å². The highest BCUT2D eigenvalue weighted by atomic mass is 19.1. The van der Waals surface area contributed by atoms with Crippen molar-refractivity contribution in [3.8, 4) is 5.75 Å². The quantitative estimate of drug-likeness (QED) is 0.832. The molecule has 0 bridgehead atoms. The molecular weight excluding hydrogens is 205 g/mol. The highest BCUT2D eigenvalue weighted by Crippen LogP contribution is 2.32. The summed E-state index contributed by atoms with van der Waals surface area (Å²) in [6.45, 7) is 4.95. The van der Waals surface area contributed by atoms with Crippen molar-refractivity contribution in [2.45, 2.75) is 25.7 Å². The lowest BCUT2D eigenvalue weighted by Crippen LogP contribution is -2.24. The molecule has 1 aromatic rings. The molecule has 0 radical (unpaired) electrons. The van der Waals surface area contributed by atoms with Crippen LogP contribution in [0.2, 0.25) is 0 Å². The summed E-state index contributed by atoms with van der Waals surface area (Å²) >= 11 is 0. The van der Waals surface area contributed by atoms with Gasteiger partial charge < -0.3 is 10.1 Å². The minimum atomic E-state index is -0.244. The van der Waals surface area contributed by atoms with E-state index in [4.69, 9.17) is 4.74 Å². The van der Waals surface area contributed by atoms with E-state index in [2.05, 4.69) is 5.32 Å². The van der Waals surface area contributed by atoms with Crippen LogP contribution in [0, 0.1) is 5.82 Å². The highest BCUT2D eigenvalue weighted by molar-refractivity contribution is 5.35. The van der Waals surface area contributed by atoms with Crippen LogP contribution >= 0.6 is 0 Å². The maximum absolute atomic E-state index is 14.1. The van der Waals surface area contributed by atoms with E-state index in [0.717, 1.165) is 13.0 Å². The zero-order chi connectivity index (χ0) is 12.2. The monoisotopic (exact) mass is 225 g/mol. The van der Waals surface area contributed by atoms with Crippen molar-refractivity contribution >= 4 is 0 Å². The Balaban J connectivity index is 3.02. The van der Waals surface area contributed by atoms with Gasteiger partial charge in [-0.2, -0.15) is 0 Å². The Kier molecular flexibility index (Phi) is 4.30. The molecule has 90 valence electrons. The van der Waals surface area contributed by atoms with Gasteiger partial charge in [0.05, 0.1) is 7.11 Å². The van der Waals surface area contributed by atoms with Crippen LogP contribution in [-0.2, 0) is 5.41 Å². The smallest absolute Gasteiger partial charge is 0.168 e. The predicted molar refractivity (Wildman–Crippen MR) is 64.5 cm³/mol. The minimum absolute atomic E-state index is 0.193. The molecule has 2 nitrogen and oxygen atoms in total. The lowest BCUT2D eigenvalue weighted by Gasteiger charge is -2.26. The molecule has 1 rings (SSSR count). The second-order valence-corrected chi connectivity index (χ2v) is 4.56. The van der Waals surface area contributed by atoms with Crippen molar-refractivity contribution in [3.05, 3.63) is 29.6 Å². The van der Waals surface area contributed by atoms with Gasteiger partial charge in [-0.15, -0.1) is 0 Å². The van der Waals surface area contributed by atoms with Crippen molar-refractivity contribution in [1.29, 1.82) is 0 Å². The van der Waals surface area contributed by atoms with E-state index >= 15 is 0 Å². The molecule has 3 heteroatoms. The first-order valence-electron chi connectivity index (χ1n) is 5.50. The fraction of sp³-hybridized carbons (Fsp3) is 0.538. The largest absolute Gasteiger partial charge is 0.494 e. The van der Waals surface area contributed by atoms with Gasteiger partial charge in [-0.25, -0.2) is 4.39 Å². The van der Waals surface area contributed by atoms with Gasteiger partial charge >= 0.3 is 0 Å². The zero-order valence-corrected chi connectivity index (χ0v) is 10.4. The molecule has 0 atom stereocenters. The lowest BCUT2D eigenvalue weighted by atomic mass is 9.81. The molecular formula is C13H20FNO. The number of rotatable bonds is 5. The summed E-state index contributed by atoms with van der Waals surface area (Å²) in [7, 11) is 3.39. The number of methoxy groups -OCH3 is 1. The Labute approximate surface area is 96.8 Å². The van der Waals surface area contributed by atoms with Crippen molar-refractivity contribution in [1.82, 2.24) is 5.32 Å². The van der Waals surface area contributed by atoms with Crippen LogP contribution in [0.3, 0.4) is 0 Å². The first-order chi connectivity index (χ1) is 7.53. The number of benzene rings is 1. The number of nitrogens with one attached hydrogen (secondary N) is 1. The second-order valence-electron chi connectivity index (χ2n) is 4.56. The van der Waals surface area contributed by atoms with E-state index in [-0.39, 0.29) is 11.2 Å². The topological polar surface area (TPSA) is 21.3 Å². The summed E-state index contributed by atoms with van der Waals surface area (Å²) in [6.07, 6.45) is 0.883. The van der Waals surface area contributed by atoms with Crippen molar-refractivity contribution in [2.75, 3.05) is 20.7 Å². The van der Waals surface area contributed by atoms with Gasteiger partial charge in [-0.3, -0.25) is 0 Å². The summed E-state index contributed by atoms with van der Waals surface area (Å²) in [4.78, 5) is 0. The molecule has 0 spiro atoms. The van der Waals surface area contributed by atoms with Crippen LogP contribution in [-0.4, -0.2) is 20.7 Å². The fourth-order valence-electron chi connectivity index (χ4n) is 1.76. The average molecular weight is 225 g/mol. The maximum Gasteiger partial charge on any atom is 0.168 e. The molecule has 0 fully saturated rings. The van der Waals surface area contributed by atoms with Crippen LogP contribution in [0.25, 0.3) is 0 Å². The molecule has 0 saturated carbocycles. The van der Waals surface area contributed by atoms with E-state index in [9.17, 15) is 4.39 Å². The van der Waals surface area contributed by atoms with Gasteiger partial charge in [-0.1, -0.05) is 26.0 Å². The van der Waals surface area contributed by atoms with Gasteiger partial charge in [0.15, 0.2) is 11.6 Å². The Morgan fingerprint density at radius 3 is 2.62 bits per heavy atom. The molecule has 0 aliphatic carbocycles. The minimum Gasteiger partial charge on any atom is -0.494 e. The normalized spacial score (nSPS) is 11.6. The van der Waals surface area contributed by atoms with Crippen molar-refractivity contribution in [2.24, 2.45) is 0 Å². The van der Waals surface area contributed by atoms with E-state index in [0.29, 0.717) is 11.3 Å². The summed E-state index contributed by atoms with van der Waals surface area (Å²) in [5, 5.41) is 3.09. The molecule has 0 heterocycles. The van der Waals surface area contributed by atoms with Crippen LogP contribution in [0.4, 0.5) is 4.39 Å². The second kappa shape index (κ2) is 5.30. The summed E-state index contributed by atoms with van der Waals surface area (Å²) < 4.78 is 19.0. The Morgan fingerprint density at radius 2 is 2.06 bits per heavy atom. The first kappa shape index (κ1) is 13.0. The SMILES string of the molecule is CNCCC(C)(C)c1cccc(OC)c1F. The number of halogens is 1. The van der Waals surface area contributed by atoms with E-state index < -0.39 is 0 Å². The third-order valence-electron chi connectivity index (χ3n) is 2.91. The van der Waals surface area contributed by atoms with Crippen molar-refractivity contribution in [3.63, 3.8) is 0 Å².